The van der Waals surface area contributed by atoms with Gasteiger partial charge in [0, 0.05) is 42.8 Å². The lowest BCUT2D eigenvalue weighted by molar-refractivity contribution is 0.0525. The van der Waals surface area contributed by atoms with E-state index in [1.165, 1.54) is 21.5 Å². The fourth-order valence-corrected chi connectivity index (χ4v) is 9.31. The van der Waals surface area contributed by atoms with Crippen molar-refractivity contribution in [2.45, 2.75) is 34.0 Å². The molecular weight excluding hydrogens is 1000 g/mol. The number of aromatic carboxylic acids is 1. The van der Waals surface area contributed by atoms with Gasteiger partial charge in [-0.05, 0) is 163 Å². The number of hydrogen-bond acceptors (Lipinski definition) is 5. The van der Waals surface area contributed by atoms with Crippen LogP contribution < -0.4 is 9.47 Å². The van der Waals surface area contributed by atoms with Crippen molar-refractivity contribution in [3.05, 3.63) is 237 Å². The predicted molar refractivity (Wildman–Crippen MR) is 287 cm³/mol. The summed E-state index contributed by atoms with van der Waals surface area (Å²) in [5.74, 6) is 0.264. The second kappa shape index (κ2) is 21.3. The van der Waals surface area contributed by atoms with Crippen LogP contribution >= 0.6 is 31.9 Å². The van der Waals surface area contributed by atoms with Crippen LogP contribution in [0.5, 0.6) is 11.5 Å². The minimum absolute atomic E-state index is 0.249. The number of aryl methyl sites for hydroxylation is 2. The highest BCUT2D eigenvalue weighted by atomic mass is 79.9. The van der Waals surface area contributed by atoms with Gasteiger partial charge in [-0.25, -0.2) is 9.59 Å². The number of carbonyl (C=O) groups excluding carboxylic acids is 1. The standard InChI is InChI=1S/C31H26BrNO3.C29H22BrNO3/c1-3-35-31(34)25-9-6-10-27(18-25)33-21(2)11-15-29(33)28-19-26(32)14-16-30(28)36-20-22-12-13-23-7-4-5-8-24(23)17-22;1-19-9-13-27(31(19)25-8-4-7-23(16-25)29(32)33)26-17-24(30)12-14-28(26)34-18-20-10-11-21-5-2-3-6-22(21)15-20/h4-19H,3,20H2,1-2H3;2-17H,18H2,1H3,(H,32,33). The van der Waals surface area contributed by atoms with Crippen molar-refractivity contribution < 1.29 is 28.9 Å². The monoisotopic (exact) mass is 1050 g/mol. The summed E-state index contributed by atoms with van der Waals surface area (Å²) in [6.07, 6.45) is 0. The van der Waals surface area contributed by atoms with E-state index in [2.05, 4.69) is 120 Å². The molecule has 0 fully saturated rings. The fourth-order valence-electron chi connectivity index (χ4n) is 8.58. The van der Waals surface area contributed by atoms with Gasteiger partial charge in [-0.3, -0.25) is 0 Å². The number of nitrogens with zero attached hydrogens (tertiary/aromatic N) is 2. The Hall–Kier alpha value is -7.66. The van der Waals surface area contributed by atoms with E-state index in [9.17, 15) is 14.7 Å². The molecule has 0 spiro atoms. The van der Waals surface area contributed by atoms with Crippen LogP contribution in [0, 0.1) is 13.8 Å². The second-order valence-electron chi connectivity index (χ2n) is 16.7. The smallest absolute Gasteiger partial charge is 0.338 e. The van der Waals surface area contributed by atoms with Gasteiger partial charge in [-0.2, -0.15) is 0 Å². The Morgan fingerprint density at radius 3 is 1.41 bits per heavy atom. The van der Waals surface area contributed by atoms with Crippen molar-refractivity contribution in [3.63, 3.8) is 0 Å². The summed E-state index contributed by atoms with van der Waals surface area (Å²) < 4.78 is 24.0. The van der Waals surface area contributed by atoms with Gasteiger partial charge < -0.3 is 28.5 Å². The summed E-state index contributed by atoms with van der Waals surface area (Å²) in [6, 6.07) is 64.0. The molecule has 0 aliphatic heterocycles. The summed E-state index contributed by atoms with van der Waals surface area (Å²) in [6.45, 7) is 7.10. The van der Waals surface area contributed by atoms with Crippen molar-refractivity contribution in [1.29, 1.82) is 0 Å². The molecule has 348 valence electrons. The number of rotatable bonds is 13. The third kappa shape index (κ3) is 10.6. The zero-order valence-electron chi connectivity index (χ0n) is 38.7. The molecule has 70 heavy (non-hydrogen) atoms. The molecule has 10 heteroatoms. The Labute approximate surface area is 423 Å². The van der Waals surface area contributed by atoms with E-state index in [1.807, 2.05) is 112 Å². The van der Waals surface area contributed by atoms with Crippen LogP contribution in [-0.2, 0) is 18.0 Å². The van der Waals surface area contributed by atoms with Gasteiger partial charge in [0.1, 0.15) is 24.7 Å². The summed E-state index contributed by atoms with van der Waals surface area (Å²) in [5, 5.41) is 14.2. The molecule has 8 nitrogen and oxygen atoms in total. The van der Waals surface area contributed by atoms with Gasteiger partial charge in [0.15, 0.2) is 0 Å². The van der Waals surface area contributed by atoms with E-state index >= 15 is 0 Å². The average molecular weight is 1050 g/mol. The lowest BCUT2D eigenvalue weighted by atomic mass is 10.1. The molecule has 0 saturated carbocycles. The topological polar surface area (TPSA) is 91.9 Å². The number of aromatic nitrogens is 2. The number of fused-ring (bicyclic) bond motifs is 2. The average Bonchev–Trinajstić information content (AvgIpc) is 3.97. The summed E-state index contributed by atoms with van der Waals surface area (Å²) >= 11 is 7.22. The van der Waals surface area contributed by atoms with Crippen LogP contribution in [0.2, 0.25) is 0 Å². The molecule has 0 bridgehead atoms. The predicted octanol–water partition coefficient (Wildman–Crippen LogP) is 15.8. The van der Waals surface area contributed by atoms with Gasteiger partial charge in [-0.15, -0.1) is 0 Å². The Morgan fingerprint density at radius 2 is 0.943 bits per heavy atom. The SMILES string of the molecule is CCOC(=O)c1cccc(-n2c(C)ccc2-c2cc(Br)ccc2OCc2ccc3ccccc3c2)c1.Cc1ccc(-c2cc(Br)ccc2OCc2ccc3ccccc3c2)n1-c1cccc(C(=O)O)c1. The highest BCUT2D eigenvalue weighted by Crippen LogP contribution is 2.38. The summed E-state index contributed by atoms with van der Waals surface area (Å²) in [5.41, 5.74) is 10.5. The van der Waals surface area contributed by atoms with Crippen molar-refractivity contribution in [3.8, 4) is 45.4 Å². The van der Waals surface area contributed by atoms with Crippen molar-refractivity contribution in [2.24, 2.45) is 0 Å². The van der Waals surface area contributed by atoms with Crippen LogP contribution in [-0.4, -0.2) is 32.8 Å². The highest BCUT2D eigenvalue weighted by Gasteiger charge is 2.19. The van der Waals surface area contributed by atoms with Gasteiger partial charge in [0.2, 0.25) is 0 Å². The van der Waals surface area contributed by atoms with Crippen LogP contribution in [0.3, 0.4) is 0 Å². The lowest BCUT2D eigenvalue weighted by Gasteiger charge is -2.17. The molecule has 2 aromatic heterocycles. The molecule has 8 aromatic carbocycles. The number of esters is 1. The molecule has 0 atom stereocenters. The molecule has 10 rings (SSSR count). The van der Waals surface area contributed by atoms with Gasteiger partial charge >= 0.3 is 11.9 Å². The number of ether oxygens (including phenoxy) is 3. The Kier molecular flexibility index (Phi) is 14.4. The maximum atomic E-state index is 12.3. The maximum Gasteiger partial charge on any atom is 0.338 e. The first-order valence-electron chi connectivity index (χ1n) is 22.8. The quantitative estimate of drug-likeness (QED) is 0.116. The number of halogens is 2. The van der Waals surface area contributed by atoms with Crippen molar-refractivity contribution >= 4 is 65.3 Å². The maximum absolute atomic E-state index is 12.3. The largest absolute Gasteiger partial charge is 0.488 e. The van der Waals surface area contributed by atoms with E-state index in [0.29, 0.717) is 25.4 Å². The fraction of sp³-hybridized carbons (Fsp3) is 0.100. The number of carboxylic acid groups (broad SMARTS) is 1. The molecule has 1 N–H and O–H groups in total. The zero-order chi connectivity index (χ0) is 48.7. The first-order valence-corrected chi connectivity index (χ1v) is 24.4. The third-order valence-corrected chi connectivity index (χ3v) is 13.0. The Morgan fingerprint density at radius 1 is 0.486 bits per heavy atom. The van der Waals surface area contributed by atoms with Crippen LogP contribution in [0.4, 0.5) is 0 Å². The van der Waals surface area contributed by atoms with Gasteiger partial charge in [0.05, 0.1) is 29.1 Å². The molecule has 0 aliphatic carbocycles. The normalized spacial score (nSPS) is 11.0. The molecule has 10 aromatic rings. The van der Waals surface area contributed by atoms with Crippen molar-refractivity contribution in [1.82, 2.24) is 9.13 Å². The first-order chi connectivity index (χ1) is 34.0. The van der Waals surface area contributed by atoms with E-state index in [-0.39, 0.29) is 11.5 Å². The van der Waals surface area contributed by atoms with E-state index in [4.69, 9.17) is 14.2 Å². The molecule has 0 unspecified atom stereocenters. The van der Waals surface area contributed by atoms with Crippen LogP contribution in [0.1, 0.15) is 50.2 Å². The van der Waals surface area contributed by atoms with Gasteiger partial charge in [0.25, 0.3) is 0 Å². The zero-order valence-corrected chi connectivity index (χ0v) is 41.9. The molecule has 2 heterocycles. The van der Waals surface area contributed by atoms with Crippen molar-refractivity contribution in [2.75, 3.05) is 6.61 Å². The molecular formula is C60H48Br2N2O6. The second-order valence-corrected chi connectivity index (χ2v) is 18.6. The minimum Gasteiger partial charge on any atom is -0.488 e. The van der Waals surface area contributed by atoms with Crippen LogP contribution in [0.15, 0.2) is 203 Å². The highest BCUT2D eigenvalue weighted by molar-refractivity contribution is 9.10. The van der Waals surface area contributed by atoms with Crippen LogP contribution in [0.25, 0.3) is 55.4 Å². The number of benzene rings is 8. The molecule has 0 saturated heterocycles. The lowest BCUT2D eigenvalue weighted by Crippen LogP contribution is -2.07. The molecule has 0 aliphatic rings. The molecule has 0 radical (unpaired) electrons. The Bertz CT molecular complexity index is 3540. The number of hydrogen-bond donors (Lipinski definition) is 1. The minimum atomic E-state index is -0.949. The number of carbonyl (C=O) groups is 2. The Balaban J connectivity index is 0.000000174. The van der Waals surface area contributed by atoms with E-state index in [0.717, 1.165) is 76.8 Å². The third-order valence-electron chi connectivity index (χ3n) is 12.0. The summed E-state index contributed by atoms with van der Waals surface area (Å²) in [4.78, 5) is 23.9. The van der Waals surface area contributed by atoms with E-state index in [1.54, 1.807) is 24.3 Å². The molecule has 0 amide bonds. The van der Waals surface area contributed by atoms with Gasteiger partial charge in [-0.1, -0.05) is 117 Å². The van der Waals surface area contributed by atoms with E-state index < -0.39 is 5.97 Å². The first kappa shape index (κ1) is 47.4. The summed E-state index contributed by atoms with van der Waals surface area (Å²) in [7, 11) is 0. The number of carboxylic acids is 1.